The summed E-state index contributed by atoms with van der Waals surface area (Å²) >= 11 is 0. The first-order valence-electron chi connectivity index (χ1n) is 8.74. The number of hydrogen-bond acceptors (Lipinski definition) is 5. The fourth-order valence-corrected chi connectivity index (χ4v) is 6.94. The van der Waals surface area contributed by atoms with Gasteiger partial charge in [-0.25, -0.2) is 21.6 Å². The van der Waals surface area contributed by atoms with Crippen LogP contribution >= 0.6 is 0 Å². The summed E-state index contributed by atoms with van der Waals surface area (Å²) in [6.07, 6.45) is 4.29. The lowest BCUT2D eigenvalue weighted by Crippen LogP contribution is -2.42. The monoisotopic (exact) mass is 385 g/mol. The molecular formula is C16H23N3O4S2. The number of sulfonamides is 2. The number of benzene rings is 1. The van der Waals surface area contributed by atoms with Crippen LogP contribution in [0.25, 0.3) is 0 Å². The normalized spacial score (nSPS) is 28.0. The second-order valence-corrected chi connectivity index (χ2v) is 10.6. The van der Waals surface area contributed by atoms with Crippen molar-refractivity contribution in [1.82, 2.24) is 14.3 Å². The fraction of sp³-hybridized carbons (Fsp3) is 0.625. The van der Waals surface area contributed by atoms with Crippen molar-refractivity contribution in [3.63, 3.8) is 0 Å². The van der Waals surface area contributed by atoms with Crippen molar-refractivity contribution in [1.29, 1.82) is 0 Å². The lowest BCUT2D eigenvalue weighted by molar-refractivity contribution is 0.334. The lowest BCUT2D eigenvalue weighted by Gasteiger charge is -2.26. The van der Waals surface area contributed by atoms with Crippen LogP contribution in [0.4, 0.5) is 0 Å². The average Bonchev–Trinajstić information content (AvgIpc) is 3.29. The molecule has 2 aliphatic heterocycles. The van der Waals surface area contributed by atoms with Crippen molar-refractivity contribution in [3.05, 3.63) is 24.3 Å². The molecule has 2 bridgehead atoms. The Morgan fingerprint density at radius 1 is 0.880 bits per heavy atom. The first kappa shape index (κ1) is 17.4. The average molecular weight is 386 g/mol. The molecule has 0 aromatic heterocycles. The lowest BCUT2D eigenvalue weighted by atomic mass is 10.1. The molecule has 2 unspecified atom stereocenters. The Labute approximate surface area is 148 Å². The van der Waals surface area contributed by atoms with Crippen molar-refractivity contribution in [3.8, 4) is 0 Å². The molecule has 0 amide bonds. The zero-order chi connectivity index (χ0) is 17.7. The van der Waals surface area contributed by atoms with E-state index in [1.807, 2.05) is 0 Å². The molecule has 25 heavy (non-hydrogen) atoms. The van der Waals surface area contributed by atoms with Crippen LogP contribution in [-0.2, 0) is 20.0 Å². The van der Waals surface area contributed by atoms with Gasteiger partial charge in [0.15, 0.2) is 0 Å². The van der Waals surface area contributed by atoms with Crippen LogP contribution in [-0.4, -0.2) is 52.4 Å². The Hall–Kier alpha value is -1.00. The van der Waals surface area contributed by atoms with E-state index < -0.39 is 20.0 Å². The van der Waals surface area contributed by atoms with E-state index in [-0.39, 0.29) is 27.9 Å². The predicted molar refractivity (Wildman–Crippen MR) is 93.1 cm³/mol. The van der Waals surface area contributed by atoms with Gasteiger partial charge in [0.1, 0.15) is 0 Å². The van der Waals surface area contributed by atoms with Crippen molar-refractivity contribution in [2.75, 3.05) is 13.1 Å². The molecule has 138 valence electrons. The topological polar surface area (TPSA) is 95.6 Å². The van der Waals surface area contributed by atoms with Gasteiger partial charge in [-0.15, -0.1) is 0 Å². The molecule has 1 aromatic carbocycles. The highest BCUT2D eigenvalue weighted by molar-refractivity contribution is 7.89. The molecule has 2 saturated heterocycles. The SMILES string of the molecule is O=S(=O)(NC1CC1)c1ccc(S(=O)(=O)N2C3CCNCC2CC3)cc1. The van der Waals surface area contributed by atoms with Crippen LogP contribution in [0.1, 0.15) is 32.1 Å². The summed E-state index contributed by atoms with van der Waals surface area (Å²) in [6, 6.07) is 5.63. The molecular weight excluding hydrogens is 362 g/mol. The number of nitrogens with zero attached hydrogens (tertiary/aromatic N) is 1. The number of nitrogens with one attached hydrogen (secondary N) is 2. The molecule has 2 atom stereocenters. The molecule has 2 heterocycles. The van der Waals surface area contributed by atoms with Gasteiger partial charge in [0.05, 0.1) is 9.79 Å². The summed E-state index contributed by atoms with van der Waals surface area (Å²) in [4.78, 5) is 0.274. The summed E-state index contributed by atoms with van der Waals surface area (Å²) in [5, 5.41) is 3.29. The maximum absolute atomic E-state index is 13.1. The zero-order valence-corrected chi connectivity index (χ0v) is 15.5. The number of hydrogen-bond donors (Lipinski definition) is 2. The Balaban J connectivity index is 1.60. The summed E-state index contributed by atoms with van der Waals surface area (Å²) in [5.41, 5.74) is 0. The third-order valence-electron chi connectivity index (χ3n) is 5.20. The molecule has 0 radical (unpaired) electrons. The minimum absolute atomic E-state index is 0.0163. The van der Waals surface area contributed by atoms with Crippen LogP contribution in [0.3, 0.4) is 0 Å². The maximum atomic E-state index is 13.1. The van der Waals surface area contributed by atoms with Crippen LogP contribution in [0.2, 0.25) is 0 Å². The molecule has 9 heteroatoms. The second kappa shape index (κ2) is 6.31. The molecule has 4 rings (SSSR count). The van der Waals surface area contributed by atoms with E-state index >= 15 is 0 Å². The number of fused-ring (bicyclic) bond motifs is 2. The first-order valence-corrected chi connectivity index (χ1v) is 11.7. The van der Waals surface area contributed by atoms with Gasteiger partial charge < -0.3 is 5.32 Å². The van der Waals surface area contributed by atoms with Gasteiger partial charge in [-0.3, -0.25) is 0 Å². The Kier molecular flexibility index (Phi) is 4.40. The molecule has 0 spiro atoms. The first-order chi connectivity index (χ1) is 11.9. The minimum atomic E-state index is -3.62. The molecule has 1 aromatic rings. The van der Waals surface area contributed by atoms with Gasteiger partial charge in [0, 0.05) is 24.7 Å². The zero-order valence-electron chi connectivity index (χ0n) is 13.9. The third kappa shape index (κ3) is 3.35. The summed E-state index contributed by atoms with van der Waals surface area (Å²) in [5.74, 6) is 0. The van der Waals surface area contributed by atoms with E-state index in [4.69, 9.17) is 0 Å². The van der Waals surface area contributed by atoms with Crippen molar-refractivity contribution in [2.24, 2.45) is 0 Å². The van der Waals surface area contributed by atoms with E-state index in [0.717, 1.165) is 38.6 Å². The van der Waals surface area contributed by atoms with Crippen LogP contribution in [0.15, 0.2) is 34.1 Å². The largest absolute Gasteiger partial charge is 0.315 e. The van der Waals surface area contributed by atoms with Crippen molar-refractivity contribution < 1.29 is 16.8 Å². The second-order valence-electron chi connectivity index (χ2n) is 7.08. The van der Waals surface area contributed by atoms with E-state index in [1.54, 1.807) is 4.31 Å². The third-order valence-corrected chi connectivity index (χ3v) is 8.75. The van der Waals surface area contributed by atoms with Crippen molar-refractivity contribution >= 4 is 20.0 Å². The molecule has 1 saturated carbocycles. The summed E-state index contributed by atoms with van der Waals surface area (Å²) in [6.45, 7) is 1.50. The Morgan fingerprint density at radius 3 is 2.20 bits per heavy atom. The molecule has 2 N–H and O–H groups in total. The smallest absolute Gasteiger partial charge is 0.243 e. The van der Waals surface area contributed by atoms with Gasteiger partial charge in [0.25, 0.3) is 0 Å². The van der Waals surface area contributed by atoms with Gasteiger partial charge in [-0.1, -0.05) is 0 Å². The standard InChI is InChI=1S/C16H23N3O4S2/c20-24(21,18-12-1-2-12)15-5-7-16(8-6-15)25(22,23)19-13-3-4-14(19)11-17-10-9-13/h5-8,12-14,17-18H,1-4,9-11H2. The highest BCUT2D eigenvalue weighted by Crippen LogP contribution is 2.34. The minimum Gasteiger partial charge on any atom is -0.315 e. The fourth-order valence-electron chi connectivity index (χ4n) is 3.73. The van der Waals surface area contributed by atoms with Crippen LogP contribution in [0.5, 0.6) is 0 Å². The molecule has 3 aliphatic rings. The van der Waals surface area contributed by atoms with Crippen molar-refractivity contribution in [2.45, 2.75) is 60.0 Å². The molecule has 3 fully saturated rings. The highest BCUT2D eigenvalue weighted by Gasteiger charge is 2.43. The number of rotatable bonds is 5. The quantitative estimate of drug-likeness (QED) is 0.776. The summed E-state index contributed by atoms with van der Waals surface area (Å²) < 4.78 is 54.9. The maximum Gasteiger partial charge on any atom is 0.243 e. The van der Waals surface area contributed by atoms with Gasteiger partial charge in [-0.05, 0) is 62.9 Å². The van der Waals surface area contributed by atoms with Gasteiger partial charge in [-0.2, -0.15) is 4.31 Å². The van der Waals surface area contributed by atoms with E-state index in [1.165, 1.54) is 24.3 Å². The Bertz CT molecular complexity index is 834. The summed E-state index contributed by atoms with van der Waals surface area (Å²) in [7, 11) is -7.18. The molecule has 1 aliphatic carbocycles. The predicted octanol–water partition coefficient (Wildman–Crippen LogP) is 0.642. The molecule has 7 nitrogen and oxygen atoms in total. The van der Waals surface area contributed by atoms with Gasteiger partial charge in [0.2, 0.25) is 20.0 Å². The van der Waals surface area contributed by atoms with Crippen LogP contribution in [0, 0.1) is 0 Å². The van der Waals surface area contributed by atoms with Crippen LogP contribution < -0.4 is 10.0 Å². The van der Waals surface area contributed by atoms with E-state index in [0.29, 0.717) is 6.54 Å². The highest BCUT2D eigenvalue weighted by atomic mass is 32.2. The van der Waals surface area contributed by atoms with E-state index in [2.05, 4.69) is 10.0 Å². The van der Waals surface area contributed by atoms with E-state index in [9.17, 15) is 16.8 Å². The Morgan fingerprint density at radius 2 is 1.52 bits per heavy atom. The van der Waals surface area contributed by atoms with Gasteiger partial charge >= 0.3 is 0 Å².